The first-order chi connectivity index (χ1) is 9.15. The molecule has 19 heavy (non-hydrogen) atoms. The van der Waals surface area contributed by atoms with Crippen LogP contribution in [-0.4, -0.2) is 5.11 Å². The predicted molar refractivity (Wildman–Crippen MR) is 76.2 cm³/mol. The maximum atomic E-state index is 10.5. The number of benzene rings is 2. The van der Waals surface area contributed by atoms with Crippen molar-refractivity contribution in [1.29, 1.82) is 0 Å². The number of furan rings is 1. The van der Waals surface area contributed by atoms with Crippen LogP contribution in [0.4, 0.5) is 0 Å². The summed E-state index contributed by atoms with van der Waals surface area (Å²) >= 11 is 0. The molecule has 3 aromatic rings. The summed E-state index contributed by atoms with van der Waals surface area (Å²) in [4.78, 5) is 0. The number of fused-ring (bicyclic) bond motifs is 1. The largest absolute Gasteiger partial charge is 0.458 e. The van der Waals surface area contributed by atoms with Gasteiger partial charge in [-0.15, -0.1) is 0 Å². The molecular weight excluding hydrogens is 236 g/mol. The van der Waals surface area contributed by atoms with Crippen LogP contribution in [0.5, 0.6) is 0 Å². The van der Waals surface area contributed by atoms with Crippen LogP contribution in [0.1, 0.15) is 28.6 Å². The van der Waals surface area contributed by atoms with Gasteiger partial charge in [0, 0.05) is 5.39 Å². The minimum absolute atomic E-state index is 0.593. The Hall–Kier alpha value is -2.06. The third-order valence-electron chi connectivity index (χ3n) is 3.44. The van der Waals surface area contributed by atoms with Crippen molar-refractivity contribution in [3.63, 3.8) is 0 Å². The molecule has 1 unspecified atom stereocenters. The Morgan fingerprint density at radius 1 is 1.00 bits per heavy atom. The number of para-hydroxylation sites is 1. The molecule has 0 bridgehead atoms. The number of aliphatic hydroxyl groups is 1. The van der Waals surface area contributed by atoms with E-state index in [1.54, 1.807) is 0 Å². The summed E-state index contributed by atoms with van der Waals surface area (Å²) in [5, 5.41) is 11.5. The molecule has 2 aromatic carbocycles. The van der Waals surface area contributed by atoms with Gasteiger partial charge in [0.1, 0.15) is 17.4 Å². The number of aliphatic hydroxyl groups excluding tert-OH is 1. The van der Waals surface area contributed by atoms with Crippen LogP contribution in [0.3, 0.4) is 0 Å². The van der Waals surface area contributed by atoms with Crippen molar-refractivity contribution in [3.8, 4) is 0 Å². The van der Waals surface area contributed by atoms with Crippen LogP contribution in [0.25, 0.3) is 11.0 Å². The molecule has 2 heteroatoms. The van der Waals surface area contributed by atoms with Gasteiger partial charge in [0.2, 0.25) is 0 Å². The van der Waals surface area contributed by atoms with Crippen molar-refractivity contribution in [1.82, 2.24) is 0 Å². The molecule has 96 valence electrons. The fourth-order valence-electron chi connectivity index (χ4n) is 2.34. The van der Waals surface area contributed by atoms with Crippen molar-refractivity contribution in [2.45, 2.75) is 20.0 Å². The summed E-state index contributed by atoms with van der Waals surface area (Å²) in [5.74, 6) is 0.593. The van der Waals surface area contributed by atoms with Crippen molar-refractivity contribution < 1.29 is 9.52 Å². The Kier molecular flexibility index (Phi) is 2.88. The average molecular weight is 252 g/mol. The number of rotatable bonds is 2. The summed E-state index contributed by atoms with van der Waals surface area (Å²) in [5.41, 5.74) is 3.91. The van der Waals surface area contributed by atoms with E-state index in [4.69, 9.17) is 4.42 Å². The SMILES string of the molecule is Cc1ccc(C)c(C(O)c2cc3ccccc3o2)c1. The van der Waals surface area contributed by atoms with Crippen molar-refractivity contribution >= 4 is 11.0 Å². The van der Waals surface area contributed by atoms with E-state index in [1.165, 1.54) is 0 Å². The van der Waals surface area contributed by atoms with Gasteiger partial charge >= 0.3 is 0 Å². The van der Waals surface area contributed by atoms with Crippen LogP contribution in [-0.2, 0) is 0 Å². The second-order valence-corrected chi connectivity index (χ2v) is 4.95. The molecular formula is C17H16O2. The van der Waals surface area contributed by atoms with Gasteiger partial charge in [-0.05, 0) is 37.1 Å². The highest BCUT2D eigenvalue weighted by Gasteiger charge is 2.17. The molecule has 1 heterocycles. The van der Waals surface area contributed by atoms with Gasteiger partial charge in [0.25, 0.3) is 0 Å². The molecule has 0 aliphatic heterocycles. The van der Waals surface area contributed by atoms with Crippen LogP contribution < -0.4 is 0 Å². The third-order valence-corrected chi connectivity index (χ3v) is 3.44. The molecule has 0 saturated heterocycles. The molecule has 1 aromatic heterocycles. The van der Waals surface area contributed by atoms with Crippen LogP contribution in [0, 0.1) is 13.8 Å². The van der Waals surface area contributed by atoms with Gasteiger partial charge in [0.05, 0.1) is 0 Å². The average Bonchev–Trinajstić information content (AvgIpc) is 2.84. The van der Waals surface area contributed by atoms with E-state index in [9.17, 15) is 5.11 Å². The van der Waals surface area contributed by atoms with Crippen molar-refractivity contribution in [3.05, 3.63) is 71.0 Å². The molecule has 1 N–H and O–H groups in total. The van der Waals surface area contributed by atoms with Crippen molar-refractivity contribution in [2.24, 2.45) is 0 Å². The Labute approximate surface area is 112 Å². The predicted octanol–water partition coefficient (Wildman–Crippen LogP) is 4.13. The second-order valence-electron chi connectivity index (χ2n) is 4.95. The Bertz CT molecular complexity index is 692. The normalized spacial score (nSPS) is 12.8. The number of hydrogen-bond donors (Lipinski definition) is 1. The smallest absolute Gasteiger partial charge is 0.138 e. The Balaban J connectivity index is 2.07. The molecule has 0 aliphatic rings. The summed E-state index contributed by atoms with van der Waals surface area (Å²) < 4.78 is 5.73. The molecule has 0 spiro atoms. The molecule has 1 atom stereocenters. The first-order valence-corrected chi connectivity index (χ1v) is 6.39. The maximum Gasteiger partial charge on any atom is 0.138 e. The standard InChI is InChI=1S/C17H16O2/c1-11-7-8-12(2)14(9-11)17(18)16-10-13-5-3-4-6-15(13)19-16/h3-10,17-18H,1-2H3. The van der Waals surface area contributed by atoms with E-state index >= 15 is 0 Å². The first-order valence-electron chi connectivity index (χ1n) is 6.39. The van der Waals surface area contributed by atoms with Gasteiger partial charge in [-0.25, -0.2) is 0 Å². The first kappa shape index (κ1) is 12.0. The molecule has 0 aliphatic carbocycles. The van der Waals surface area contributed by atoms with E-state index in [0.717, 1.165) is 27.7 Å². The van der Waals surface area contributed by atoms with Crippen LogP contribution in [0.2, 0.25) is 0 Å². The number of hydrogen-bond acceptors (Lipinski definition) is 2. The highest BCUT2D eigenvalue weighted by Crippen LogP contribution is 2.30. The summed E-state index contributed by atoms with van der Waals surface area (Å²) in [6.45, 7) is 4.02. The van der Waals surface area contributed by atoms with E-state index in [0.29, 0.717) is 5.76 Å². The van der Waals surface area contributed by atoms with Crippen LogP contribution >= 0.6 is 0 Å². The summed E-state index contributed by atoms with van der Waals surface area (Å²) in [6.07, 6.45) is -0.715. The van der Waals surface area contributed by atoms with Gasteiger partial charge in [0.15, 0.2) is 0 Å². The fraction of sp³-hybridized carbons (Fsp3) is 0.176. The van der Waals surface area contributed by atoms with Gasteiger partial charge in [-0.2, -0.15) is 0 Å². The molecule has 2 nitrogen and oxygen atoms in total. The second kappa shape index (κ2) is 4.56. The quantitative estimate of drug-likeness (QED) is 0.744. The maximum absolute atomic E-state index is 10.5. The van der Waals surface area contributed by atoms with E-state index < -0.39 is 6.10 Å². The number of aryl methyl sites for hydroxylation is 2. The van der Waals surface area contributed by atoms with Crippen LogP contribution in [0.15, 0.2) is 52.9 Å². The minimum atomic E-state index is -0.715. The highest BCUT2D eigenvalue weighted by molar-refractivity contribution is 5.77. The highest BCUT2D eigenvalue weighted by atomic mass is 16.4. The molecule has 0 radical (unpaired) electrons. The lowest BCUT2D eigenvalue weighted by Gasteiger charge is -2.12. The molecule has 0 fully saturated rings. The lowest BCUT2D eigenvalue weighted by molar-refractivity contribution is 0.191. The summed E-state index contributed by atoms with van der Waals surface area (Å²) in [7, 11) is 0. The molecule has 0 amide bonds. The lowest BCUT2D eigenvalue weighted by atomic mass is 9.99. The monoisotopic (exact) mass is 252 g/mol. The Morgan fingerprint density at radius 3 is 2.58 bits per heavy atom. The van der Waals surface area contributed by atoms with Gasteiger partial charge in [-0.1, -0.05) is 42.0 Å². The zero-order valence-electron chi connectivity index (χ0n) is 11.1. The zero-order chi connectivity index (χ0) is 13.4. The topological polar surface area (TPSA) is 33.4 Å². The summed E-state index contributed by atoms with van der Waals surface area (Å²) in [6, 6.07) is 15.8. The minimum Gasteiger partial charge on any atom is -0.458 e. The van der Waals surface area contributed by atoms with E-state index in [1.807, 2.05) is 62.4 Å². The fourth-order valence-corrected chi connectivity index (χ4v) is 2.34. The lowest BCUT2D eigenvalue weighted by Crippen LogP contribution is -2.01. The van der Waals surface area contributed by atoms with E-state index in [2.05, 4.69) is 0 Å². The van der Waals surface area contributed by atoms with Crippen molar-refractivity contribution in [2.75, 3.05) is 0 Å². The van der Waals surface area contributed by atoms with Gasteiger partial charge < -0.3 is 9.52 Å². The molecule has 3 rings (SSSR count). The van der Waals surface area contributed by atoms with Gasteiger partial charge in [-0.3, -0.25) is 0 Å². The third kappa shape index (κ3) is 2.15. The molecule has 0 saturated carbocycles. The van der Waals surface area contributed by atoms with E-state index in [-0.39, 0.29) is 0 Å². The zero-order valence-corrected chi connectivity index (χ0v) is 11.1. The Morgan fingerprint density at radius 2 is 1.79 bits per heavy atom.